The first-order valence-electron chi connectivity index (χ1n) is 5.68. The van der Waals surface area contributed by atoms with Crippen molar-refractivity contribution in [3.8, 4) is 0 Å². The highest BCUT2D eigenvalue weighted by atomic mass is 35.5. The molecular weight excluding hydrogens is 271 g/mol. The minimum Gasteiger partial charge on any atom is -0.302 e. The van der Waals surface area contributed by atoms with E-state index in [4.69, 9.17) is 11.6 Å². The summed E-state index contributed by atoms with van der Waals surface area (Å²) in [6, 6.07) is 5.14. The summed E-state index contributed by atoms with van der Waals surface area (Å²) in [7, 11) is 0. The van der Waals surface area contributed by atoms with Gasteiger partial charge in [0.15, 0.2) is 0 Å². The van der Waals surface area contributed by atoms with E-state index in [0.717, 1.165) is 10.6 Å². The molecule has 2 rings (SSSR count). The summed E-state index contributed by atoms with van der Waals surface area (Å²) in [5.74, 6) is -0.334. The monoisotopic (exact) mass is 284 g/mol. The van der Waals surface area contributed by atoms with Gasteiger partial charge in [0.05, 0.1) is 23.0 Å². The summed E-state index contributed by atoms with van der Waals surface area (Å²) < 4.78 is 12.9. The number of pyridine rings is 1. The van der Waals surface area contributed by atoms with Gasteiger partial charge in [-0.05, 0) is 37.4 Å². The van der Waals surface area contributed by atoms with Gasteiger partial charge < -0.3 is 5.32 Å². The van der Waals surface area contributed by atoms with E-state index in [0.29, 0.717) is 5.02 Å². The molecule has 0 aliphatic heterocycles. The van der Waals surface area contributed by atoms with Crippen LogP contribution in [0.4, 0.5) is 4.39 Å². The molecule has 2 nitrogen and oxygen atoms in total. The minimum absolute atomic E-state index is 0.0990. The third kappa shape index (κ3) is 3.07. The van der Waals surface area contributed by atoms with Crippen LogP contribution in [0.5, 0.6) is 0 Å². The summed E-state index contributed by atoms with van der Waals surface area (Å²) in [6.45, 7) is 4.11. The molecule has 0 aliphatic rings. The molecule has 0 saturated carbocycles. The predicted octanol–water partition coefficient (Wildman–Crippen LogP) is 4.02. The first-order chi connectivity index (χ1) is 8.58. The second-order valence-electron chi connectivity index (χ2n) is 4.29. The summed E-state index contributed by atoms with van der Waals surface area (Å²) in [4.78, 5) is 5.14. The average molecular weight is 285 g/mol. The van der Waals surface area contributed by atoms with Crippen LogP contribution < -0.4 is 5.32 Å². The van der Waals surface area contributed by atoms with Crippen LogP contribution in [0.2, 0.25) is 5.02 Å². The standard InChI is InChI=1S/C13H14ClFN2S/c1-8(2)17-12(13-10(14)5-6-18-13)11-4-3-9(15)7-16-11/h3-8,12,17H,1-2H3. The van der Waals surface area contributed by atoms with Crippen molar-refractivity contribution in [1.29, 1.82) is 0 Å². The molecule has 0 aromatic carbocycles. The summed E-state index contributed by atoms with van der Waals surface area (Å²) >= 11 is 7.74. The van der Waals surface area contributed by atoms with Gasteiger partial charge in [-0.1, -0.05) is 11.6 Å². The SMILES string of the molecule is CC(C)NC(c1ccc(F)cn1)c1sccc1Cl. The van der Waals surface area contributed by atoms with Gasteiger partial charge in [-0.3, -0.25) is 4.98 Å². The summed E-state index contributed by atoms with van der Waals surface area (Å²) in [5.41, 5.74) is 0.773. The molecule has 0 bridgehead atoms. The van der Waals surface area contributed by atoms with Crippen molar-refractivity contribution in [3.05, 3.63) is 51.2 Å². The van der Waals surface area contributed by atoms with E-state index in [-0.39, 0.29) is 17.9 Å². The average Bonchev–Trinajstić information content (AvgIpc) is 2.73. The lowest BCUT2D eigenvalue weighted by Gasteiger charge is -2.20. The molecule has 0 fully saturated rings. The quantitative estimate of drug-likeness (QED) is 0.917. The van der Waals surface area contributed by atoms with Crippen LogP contribution in [0.3, 0.4) is 0 Å². The number of nitrogens with zero attached hydrogens (tertiary/aromatic N) is 1. The fourth-order valence-electron chi connectivity index (χ4n) is 1.70. The van der Waals surface area contributed by atoms with Crippen LogP contribution in [0.1, 0.15) is 30.5 Å². The normalized spacial score (nSPS) is 12.9. The molecule has 5 heteroatoms. The van der Waals surface area contributed by atoms with Crippen molar-refractivity contribution in [3.63, 3.8) is 0 Å². The number of hydrogen-bond acceptors (Lipinski definition) is 3. The lowest BCUT2D eigenvalue weighted by molar-refractivity contribution is 0.523. The molecule has 96 valence electrons. The maximum Gasteiger partial charge on any atom is 0.141 e. The van der Waals surface area contributed by atoms with Crippen molar-refractivity contribution < 1.29 is 4.39 Å². The predicted molar refractivity (Wildman–Crippen MR) is 73.6 cm³/mol. The van der Waals surface area contributed by atoms with Crippen LogP contribution in [-0.2, 0) is 0 Å². The van der Waals surface area contributed by atoms with E-state index in [9.17, 15) is 4.39 Å². The third-order valence-electron chi connectivity index (χ3n) is 2.45. The van der Waals surface area contributed by atoms with Crippen molar-refractivity contribution in [2.75, 3.05) is 0 Å². The van der Waals surface area contributed by atoms with Crippen LogP contribution in [0, 0.1) is 5.82 Å². The molecule has 0 spiro atoms. The molecule has 0 aliphatic carbocycles. The van der Waals surface area contributed by atoms with Crippen molar-refractivity contribution >= 4 is 22.9 Å². The first-order valence-corrected chi connectivity index (χ1v) is 6.94. The molecule has 18 heavy (non-hydrogen) atoms. The molecule has 1 N–H and O–H groups in total. The number of halogens is 2. The molecule has 2 aromatic heterocycles. The number of thiophene rings is 1. The molecule has 1 unspecified atom stereocenters. The van der Waals surface area contributed by atoms with E-state index in [1.165, 1.54) is 12.3 Å². The molecule has 2 heterocycles. The maximum absolute atomic E-state index is 12.9. The second-order valence-corrected chi connectivity index (χ2v) is 5.64. The smallest absolute Gasteiger partial charge is 0.141 e. The van der Waals surface area contributed by atoms with Crippen molar-refractivity contribution in [1.82, 2.24) is 10.3 Å². The van der Waals surface area contributed by atoms with Crippen LogP contribution in [0.25, 0.3) is 0 Å². The fraction of sp³-hybridized carbons (Fsp3) is 0.308. The van der Waals surface area contributed by atoms with Crippen molar-refractivity contribution in [2.45, 2.75) is 25.9 Å². The van der Waals surface area contributed by atoms with Crippen LogP contribution in [0.15, 0.2) is 29.8 Å². The van der Waals surface area contributed by atoms with Gasteiger partial charge in [-0.25, -0.2) is 4.39 Å². The van der Waals surface area contributed by atoms with E-state index in [2.05, 4.69) is 24.1 Å². The van der Waals surface area contributed by atoms with Gasteiger partial charge in [0.2, 0.25) is 0 Å². The first kappa shape index (κ1) is 13.5. The summed E-state index contributed by atoms with van der Waals surface area (Å²) in [5, 5.41) is 6.05. The Labute approximate surface area is 115 Å². The van der Waals surface area contributed by atoms with Crippen molar-refractivity contribution in [2.24, 2.45) is 0 Å². The van der Waals surface area contributed by atoms with Gasteiger partial charge in [0, 0.05) is 10.9 Å². The zero-order valence-electron chi connectivity index (χ0n) is 10.2. The zero-order chi connectivity index (χ0) is 13.1. The van der Waals surface area contributed by atoms with Crippen LogP contribution >= 0.6 is 22.9 Å². The molecule has 0 saturated heterocycles. The molecular formula is C13H14ClFN2S. The topological polar surface area (TPSA) is 24.9 Å². The Kier molecular flexibility index (Phi) is 4.32. The Bertz CT molecular complexity index is 510. The Morgan fingerprint density at radius 1 is 1.33 bits per heavy atom. The second kappa shape index (κ2) is 5.78. The summed E-state index contributed by atoms with van der Waals surface area (Å²) in [6.07, 6.45) is 1.23. The number of nitrogens with one attached hydrogen (secondary N) is 1. The highest BCUT2D eigenvalue weighted by molar-refractivity contribution is 7.10. The molecule has 2 aromatic rings. The Morgan fingerprint density at radius 2 is 2.11 bits per heavy atom. The minimum atomic E-state index is -0.334. The van der Waals surface area contributed by atoms with Crippen LogP contribution in [-0.4, -0.2) is 11.0 Å². The highest BCUT2D eigenvalue weighted by Crippen LogP contribution is 2.32. The largest absolute Gasteiger partial charge is 0.302 e. The highest BCUT2D eigenvalue weighted by Gasteiger charge is 2.20. The van der Waals surface area contributed by atoms with E-state index < -0.39 is 0 Å². The Hall–Kier alpha value is -0.970. The Morgan fingerprint density at radius 3 is 2.61 bits per heavy atom. The fourth-order valence-corrected chi connectivity index (χ4v) is 2.93. The van der Waals surface area contributed by atoms with E-state index in [1.807, 2.05) is 11.4 Å². The van der Waals surface area contributed by atoms with Gasteiger partial charge >= 0.3 is 0 Å². The maximum atomic E-state index is 12.9. The van der Waals surface area contributed by atoms with Gasteiger partial charge in [-0.2, -0.15) is 0 Å². The van der Waals surface area contributed by atoms with E-state index in [1.54, 1.807) is 17.4 Å². The van der Waals surface area contributed by atoms with Gasteiger partial charge in [0.25, 0.3) is 0 Å². The van der Waals surface area contributed by atoms with Gasteiger partial charge in [-0.15, -0.1) is 11.3 Å². The molecule has 0 amide bonds. The lowest BCUT2D eigenvalue weighted by atomic mass is 10.1. The lowest BCUT2D eigenvalue weighted by Crippen LogP contribution is -2.29. The third-order valence-corrected chi connectivity index (χ3v) is 3.88. The number of rotatable bonds is 4. The zero-order valence-corrected chi connectivity index (χ0v) is 11.7. The van der Waals surface area contributed by atoms with Gasteiger partial charge in [0.1, 0.15) is 5.82 Å². The molecule has 1 atom stereocenters. The number of hydrogen-bond donors (Lipinski definition) is 1. The van der Waals surface area contributed by atoms with E-state index >= 15 is 0 Å². The molecule has 0 radical (unpaired) electrons. The Balaban J connectivity index is 2.36. The number of aromatic nitrogens is 1.